The summed E-state index contributed by atoms with van der Waals surface area (Å²) in [4.78, 5) is 29.6. The predicted octanol–water partition coefficient (Wildman–Crippen LogP) is 6.45. The van der Waals surface area contributed by atoms with E-state index in [1.165, 1.54) is 6.42 Å². The van der Waals surface area contributed by atoms with E-state index in [0.717, 1.165) is 41.1 Å². The van der Waals surface area contributed by atoms with E-state index >= 15 is 0 Å². The van der Waals surface area contributed by atoms with E-state index in [1.54, 1.807) is 54.3 Å². The second kappa shape index (κ2) is 14.9. The van der Waals surface area contributed by atoms with E-state index in [4.69, 9.17) is 11.6 Å². The third-order valence-electron chi connectivity index (χ3n) is 8.22. The average Bonchev–Trinajstić information content (AvgIpc) is 3.00. The standard InChI is InChI=1S/C34H42ClN3O4S/c1-4-31(34(40)36-28-14-9-6-10-15-28)37(23-22-27-12-7-5-8-13-27)33(39)24-38(32-17-11-16-30(35)26(32)3)43(41,42)29-20-18-25(2)19-21-29/h5,7-8,11-13,16-21,28,31H,4,6,9-10,14-15,22-24H2,1-3H3,(H,36,40)/t31-/m1/s1. The normalized spacial score (nSPS) is 14.6. The number of nitrogens with one attached hydrogen (secondary N) is 1. The van der Waals surface area contributed by atoms with Crippen molar-refractivity contribution in [2.24, 2.45) is 0 Å². The summed E-state index contributed by atoms with van der Waals surface area (Å²) in [6.07, 6.45) is 6.10. The highest BCUT2D eigenvalue weighted by Gasteiger charge is 2.34. The van der Waals surface area contributed by atoms with Crippen LogP contribution in [-0.4, -0.2) is 50.3 Å². The predicted molar refractivity (Wildman–Crippen MR) is 173 cm³/mol. The number of halogens is 1. The van der Waals surface area contributed by atoms with E-state index in [0.29, 0.717) is 29.1 Å². The Balaban J connectivity index is 1.70. The molecule has 1 aliphatic rings. The number of rotatable bonds is 12. The van der Waals surface area contributed by atoms with Crippen LogP contribution in [0.1, 0.15) is 62.1 Å². The molecule has 2 amide bonds. The fourth-order valence-corrected chi connectivity index (χ4v) is 7.30. The van der Waals surface area contributed by atoms with E-state index in [1.807, 2.05) is 44.2 Å². The van der Waals surface area contributed by atoms with Gasteiger partial charge in [0, 0.05) is 17.6 Å². The summed E-state index contributed by atoms with van der Waals surface area (Å²) in [6.45, 7) is 5.30. The van der Waals surface area contributed by atoms with Crippen LogP contribution in [0.3, 0.4) is 0 Å². The Hall–Kier alpha value is -3.36. The molecule has 1 N–H and O–H groups in total. The molecule has 0 aliphatic heterocycles. The lowest BCUT2D eigenvalue weighted by molar-refractivity contribution is -0.140. The quantitative estimate of drug-likeness (QED) is 0.251. The van der Waals surface area contributed by atoms with Gasteiger partial charge in [-0.1, -0.05) is 91.9 Å². The van der Waals surface area contributed by atoms with Gasteiger partial charge in [0.15, 0.2) is 0 Å². The monoisotopic (exact) mass is 623 g/mol. The van der Waals surface area contributed by atoms with E-state index in [9.17, 15) is 18.0 Å². The van der Waals surface area contributed by atoms with Crippen LogP contribution in [-0.2, 0) is 26.0 Å². The number of amides is 2. The molecule has 230 valence electrons. The maximum Gasteiger partial charge on any atom is 0.264 e. The average molecular weight is 624 g/mol. The topological polar surface area (TPSA) is 86.8 Å². The molecule has 1 aliphatic carbocycles. The first-order chi connectivity index (χ1) is 20.6. The molecule has 0 unspecified atom stereocenters. The van der Waals surface area contributed by atoms with Gasteiger partial charge in [-0.15, -0.1) is 0 Å². The molecular formula is C34H42ClN3O4S. The fourth-order valence-electron chi connectivity index (χ4n) is 5.66. The number of nitrogens with zero attached hydrogens (tertiary/aromatic N) is 2. The van der Waals surface area contributed by atoms with Gasteiger partial charge in [0.05, 0.1) is 10.6 Å². The fraction of sp³-hybridized carbons (Fsp3) is 0.412. The van der Waals surface area contributed by atoms with Gasteiger partial charge in [0.2, 0.25) is 11.8 Å². The Morgan fingerprint density at radius 2 is 1.60 bits per heavy atom. The van der Waals surface area contributed by atoms with Crippen molar-refractivity contribution < 1.29 is 18.0 Å². The highest BCUT2D eigenvalue weighted by molar-refractivity contribution is 7.92. The third-order valence-corrected chi connectivity index (χ3v) is 10.4. The minimum Gasteiger partial charge on any atom is -0.352 e. The summed E-state index contributed by atoms with van der Waals surface area (Å²) in [5.41, 5.74) is 2.81. The Morgan fingerprint density at radius 3 is 2.26 bits per heavy atom. The second-order valence-corrected chi connectivity index (χ2v) is 13.6. The van der Waals surface area contributed by atoms with Crippen molar-refractivity contribution in [3.8, 4) is 0 Å². The minimum absolute atomic E-state index is 0.0724. The number of carbonyl (C=O) groups excluding carboxylic acids is 2. The van der Waals surface area contributed by atoms with Gasteiger partial charge < -0.3 is 10.2 Å². The lowest BCUT2D eigenvalue weighted by atomic mass is 9.95. The van der Waals surface area contributed by atoms with Crippen LogP contribution in [0.4, 0.5) is 5.69 Å². The molecule has 0 radical (unpaired) electrons. The summed E-state index contributed by atoms with van der Waals surface area (Å²) in [5.74, 6) is -0.640. The van der Waals surface area contributed by atoms with Crippen molar-refractivity contribution in [2.75, 3.05) is 17.4 Å². The molecule has 1 atom stereocenters. The molecule has 0 saturated heterocycles. The number of carbonyl (C=O) groups is 2. The number of benzene rings is 3. The lowest BCUT2D eigenvalue weighted by Gasteiger charge is -2.34. The van der Waals surface area contributed by atoms with Gasteiger partial charge in [0.1, 0.15) is 12.6 Å². The molecule has 9 heteroatoms. The number of hydrogen-bond donors (Lipinski definition) is 1. The van der Waals surface area contributed by atoms with Crippen molar-refractivity contribution in [1.29, 1.82) is 0 Å². The molecular weight excluding hydrogens is 582 g/mol. The van der Waals surface area contributed by atoms with Crippen LogP contribution >= 0.6 is 11.6 Å². The number of anilines is 1. The molecule has 43 heavy (non-hydrogen) atoms. The van der Waals surface area contributed by atoms with Gasteiger partial charge in [0.25, 0.3) is 10.0 Å². The largest absolute Gasteiger partial charge is 0.352 e. The van der Waals surface area contributed by atoms with Crippen molar-refractivity contribution in [1.82, 2.24) is 10.2 Å². The summed E-state index contributed by atoms with van der Waals surface area (Å²) in [7, 11) is -4.15. The molecule has 7 nitrogen and oxygen atoms in total. The van der Waals surface area contributed by atoms with Crippen molar-refractivity contribution in [3.05, 3.63) is 94.5 Å². The number of aryl methyl sites for hydroxylation is 1. The smallest absolute Gasteiger partial charge is 0.264 e. The van der Waals surface area contributed by atoms with Gasteiger partial charge in [-0.3, -0.25) is 13.9 Å². The molecule has 0 aromatic heterocycles. The minimum atomic E-state index is -4.15. The van der Waals surface area contributed by atoms with E-state index in [2.05, 4.69) is 5.32 Å². The Morgan fingerprint density at radius 1 is 0.930 bits per heavy atom. The van der Waals surface area contributed by atoms with E-state index in [-0.39, 0.29) is 23.4 Å². The van der Waals surface area contributed by atoms with Crippen molar-refractivity contribution in [2.45, 2.75) is 82.7 Å². The first-order valence-corrected chi connectivity index (χ1v) is 16.9. The van der Waals surface area contributed by atoms with Crippen molar-refractivity contribution in [3.63, 3.8) is 0 Å². The van der Waals surface area contributed by atoms with Gasteiger partial charge in [-0.25, -0.2) is 8.42 Å². The summed E-state index contributed by atoms with van der Waals surface area (Å²) in [6, 6.07) is 20.7. The highest BCUT2D eigenvalue weighted by Crippen LogP contribution is 2.31. The van der Waals surface area contributed by atoms with Crippen LogP contribution in [0.15, 0.2) is 77.7 Å². The molecule has 0 heterocycles. The summed E-state index contributed by atoms with van der Waals surface area (Å²) < 4.78 is 29.4. The third kappa shape index (κ3) is 8.18. The second-order valence-electron chi connectivity index (χ2n) is 11.3. The Kier molecular flexibility index (Phi) is 11.3. The molecule has 0 bridgehead atoms. The van der Waals surface area contributed by atoms with Crippen LogP contribution < -0.4 is 9.62 Å². The summed E-state index contributed by atoms with van der Waals surface area (Å²) >= 11 is 6.43. The maximum absolute atomic E-state index is 14.3. The highest BCUT2D eigenvalue weighted by atomic mass is 35.5. The van der Waals surface area contributed by atoms with Crippen molar-refractivity contribution >= 4 is 39.1 Å². The molecule has 1 fully saturated rings. The Labute approximate surface area is 261 Å². The molecule has 0 spiro atoms. The van der Waals surface area contributed by atoms with Crippen LogP contribution in [0.2, 0.25) is 5.02 Å². The SMILES string of the molecule is CC[C@H](C(=O)NC1CCCCC1)N(CCc1ccccc1)C(=O)CN(c1cccc(Cl)c1C)S(=O)(=O)c1ccc(C)cc1. The lowest BCUT2D eigenvalue weighted by Crippen LogP contribution is -2.54. The zero-order valence-electron chi connectivity index (χ0n) is 25.3. The first-order valence-electron chi connectivity index (χ1n) is 15.1. The van der Waals surface area contributed by atoms with Crippen LogP contribution in [0.5, 0.6) is 0 Å². The molecule has 3 aromatic rings. The molecule has 1 saturated carbocycles. The zero-order valence-corrected chi connectivity index (χ0v) is 26.8. The number of sulfonamides is 1. The molecule has 3 aromatic carbocycles. The van der Waals surface area contributed by atoms with E-state index < -0.39 is 28.5 Å². The van der Waals surface area contributed by atoms with Crippen LogP contribution in [0, 0.1) is 13.8 Å². The number of hydrogen-bond acceptors (Lipinski definition) is 4. The van der Waals surface area contributed by atoms with Gasteiger partial charge in [-0.05, 0) is 74.9 Å². The maximum atomic E-state index is 14.3. The molecule has 4 rings (SSSR count). The van der Waals surface area contributed by atoms with Gasteiger partial charge in [-0.2, -0.15) is 0 Å². The summed E-state index contributed by atoms with van der Waals surface area (Å²) in [5, 5.41) is 3.58. The van der Waals surface area contributed by atoms with Crippen LogP contribution in [0.25, 0.3) is 0 Å². The zero-order chi connectivity index (χ0) is 31.0. The Bertz CT molecular complexity index is 1490. The first kappa shape index (κ1) is 32.6. The van der Waals surface area contributed by atoms with Gasteiger partial charge >= 0.3 is 0 Å².